The number of H-pyrrole nitrogens is 1. The van der Waals surface area contributed by atoms with E-state index in [9.17, 15) is 5.26 Å². The first-order valence-electron chi connectivity index (χ1n) is 9.91. The van der Waals surface area contributed by atoms with E-state index in [4.69, 9.17) is 26.8 Å². The van der Waals surface area contributed by atoms with Gasteiger partial charge in [-0.1, -0.05) is 29.3 Å². The van der Waals surface area contributed by atoms with Crippen LogP contribution in [0, 0.1) is 39.0 Å². The first-order valence-corrected chi connectivity index (χ1v) is 10.3. The molecule has 0 fully saturated rings. The molecule has 3 aromatic rings. The van der Waals surface area contributed by atoms with Crippen molar-refractivity contribution in [1.29, 1.82) is 5.26 Å². The van der Waals surface area contributed by atoms with Gasteiger partial charge < -0.3 is 15.2 Å². The van der Waals surface area contributed by atoms with E-state index in [1.54, 1.807) is 0 Å². The Morgan fingerprint density at radius 2 is 2.00 bits per heavy atom. The minimum atomic E-state index is -0.358. The van der Waals surface area contributed by atoms with Crippen molar-refractivity contribution >= 4 is 11.6 Å². The number of nitrogens with two attached hydrogens (primary N) is 1. The maximum absolute atomic E-state index is 9.85. The molecule has 0 saturated carbocycles. The van der Waals surface area contributed by atoms with Gasteiger partial charge in [-0.2, -0.15) is 5.26 Å². The number of nitriles is 1. The molecule has 31 heavy (non-hydrogen) atoms. The fraction of sp³-hybridized carbons (Fsp3) is 0.250. The predicted molar refractivity (Wildman–Crippen MR) is 119 cm³/mol. The zero-order chi connectivity index (χ0) is 22.3. The smallest absolute Gasteiger partial charge is 0.244 e. The van der Waals surface area contributed by atoms with Crippen molar-refractivity contribution in [3.63, 3.8) is 0 Å². The molecular weight excluding hydrogens is 412 g/mol. The molecule has 0 aliphatic carbocycles. The SMILES string of the molecule is Cc1cc(COc2ccc(Cl)cc2C)c(C)c([C@H]2C(C#N)=C(N)Oc3n[nH]c(C)c32)c1. The summed E-state index contributed by atoms with van der Waals surface area (Å²) in [4.78, 5) is 0. The van der Waals surface area contributed by atoms with Crippen molar-refractivity contribution < 1.29 is 9.47 Å². The third-order valence-corrected chi connectivity index (χ3v) is 5.90. The molecule has 0 radical (unpaired) electrons. The van der Waals surface area contributed by atoms with Gasteiger partial charge in [-0.3, -0.25) is 5.10 Å². The molecule has 0 spiro atoms. The highest BCUT2D eigenvalue weighted by Gasteiger charge is 2.35. The highest BCUT2D eigenvalue weighted by molar-refractivity contribution is 6.30. The summed E-state index contributed by atoms with van der Waals surface area (Å²) >= 11 is 6.06. The van der Waals surface area contributed by atoms with Crippen LogP contribution in [0.5, 0.6) is 11.6 Å². The van der Waals surface area contributed by atoms with Crippen LogP contribution in [0.1, 0.15) is 45.0 Å². The van der Waals surface area contributed by atoms with Crippen molar-refractivity contribution in [3.05, 3.63) is 85.9 Å². The second-order valence-corrected chi connectivity index (χ2v) is 8.27. The highest BCUT2D eigenvalue weighted by atomic mass is 35.5. The van der Waals surface area contributed by atoms with E-state index in [1.807, 2.05) is 45.9 Å². The van der Waals surface area contributed by atoms with Gasteiger partial charge in [0.15, 0.2) is 0 Å². The average molecular weight is 435 g/mol. The Bertz CT molecular complexity index is 1250. The molecular formula is C24H23ClN4O2. The number of ether oxygens (including phenoxy) is 2. The summed E-state index contributed by atoms with van der Waals surface area (Å²) in [5, 5.41) is 17.7. The fourth-order valence-corrected chi connectivity index (χ4v) is 4.28. The Hall–Kier alpha value is -3.43. The minimum absolute atomic E-state index is 0.0852. The molecule has 1 aromatic heterocycles. The van der Waals surface area contributed by atoms with E-state index in [2.05, 4.69) is 28.4 Å². The van der Waals surface area contributed by atoms with Crippen molar-refractivity contribution in [2.24, 2.45) is 5.73 Å². The number of benzene rings is 2. The largest absolute Gasteiger partial charge is 0.489 e. The van der Waals surface area contributed by atoms with Gasteiger partial charge in [0, 0.05) is 16.3 Å². The number of allylic oxidation sites excluding steroid dienone is 1. The lowest BCUT2D eigenvalue weighted by molar-refractivity contribution is 0.303. The van der Waals surface area contributed by atoms with Crippen LogP contribution in [0.2, 0.25) is 5.02 Å². The van der Waals surface area contributed by atoms with Crippen LogP contribution in [-0.2, 0) is 6.61 Å². The number of halogens is 1. The summed E-state index contributed by atoms with van der Waals surface area (Å²) in [7, 11) is 0. The van der Waals surface area contributed by atoms with Crippen LogP contribution >= 0.6 is 11.6 Å². The molecule has 0 amide bonds. The Balaban J connectivity index is 1.77. The van der Waals surface area contributed by atoms with E-state index in [-0.39, 0.29) is 11.8 Å². The number of nitrogens with one attached hydrogen (secondary N) is 1. The molecule has 0 saturated heterocycles. The number of hydrogen-bond donors (Lipinski definition) is 2. The van der Waals surface area contributed by atoms with E-state index in [0.29, 0.717) is 23.1 Å². The zero-order valence-corrected chi connectivity index (χ0v) is 18.6. The third kappa shape index (κ3) is 3.73. The van der Waals surface area contributed by atoms with Gasteiger partial charge >= 0.3 is 0 Å². The normalized spacial score (nSPS) is 15.3. The molecule has 1 aliphatic heterocycles. The van der Waals surface area contributed by atoms with Gasteiger partial charge in [0.25, 0.3) is 0 Å². The Morgan fingerprint density at radius 3 is 2.71 bits per heavy atom. The lowest BCUT2D eigenvalue weighted by Gasteiger charge is -2.26. The van der Waals surface area contributed by atoms with Crippen LogP contribution < -0.4 is 15.2 Å². The molecule has 3 N–H and O–H groups in total. The standard InChI is InChI=1S/C24H23ClN4O2/c1-12-7-16(11-30-20-6-5-17(25)9-13(20)2)14(3)18(8-12)22-19(10-26)23(27)31-24-21(22)15(4)28-29-24/h5-9,22H,11,27H2,1-4H3,(H,28,29)/t22-/m0/s1. The van der Waals surface area contributed by atoms with Crippen LogP contribution in [0.15, 0.2) is 41.8 Å². The number of aromatic amines is 1. The monoisotopic (exact) mass is 434 g/mol. The average Bonchev–Trinajstić information content (AvgIpc) is 3.08. The number of hydrogen-bond acceptors (Lipinski definition) is 5. The molecule has 6 nitrogen and oxygen atoms in total. The minimum Gasteiger partial charge on any atom is -0.489 e. The second kappa shape index (κ2) is 8.01. The van der Waals surface area contributed by atoms with Gasteiger partial charge in [-0.15, -0.1) is 5.10 Å². The molecule has 7 heteroatoms. The van der Waals surface area contributed by atoms with Gasteiger partial charge in [-0.05, 0) is 68.1 Å². The first-order chi connectivity index (χ1) is 14.8. The van der Waals surface area contributed by atoms with Crippen LogP contribution in [0.25, 0.3) is 0 Å². The third-order valence-electron chi connectivity index (χ3n) is 5.66. The molecule has 2 aromatic carbocycles. The zero-order valence-electron chi connectivity index (χ0n) is 17.8. The van der Waals surface area contributed by atoms with Gasteiger partial charge in [0.2, 0.25) is 11.8 Å². The first kappa shape index (κ1) is 20.8. The highest BCUT2D eigenvalue weighted by Crippen LogP contribution is 2.44. The quantitative estimate of drug-likeness (QED) is 0.595. The lowest BCUT2D eigenvalue weighted by atomic mass is 9.80. The molecule has 2 heterocycles. The maximum atomic E-state index is 9.85. The van der Waals surface area contributed by atoms with E-state index < -0.39 is 0 Å². The Labute approximate surface area is 186 Å². The van der Waals surface area contributed by atoms with Crippen molar-refractivity contribution in [3.8, 4) is 17.7 Å². The number of fused-ring (bicyclic) bond motifs is 1. The van der Waals surface area contributed by atoms with Crippen molar-refractivity contribution in [2.75, 3.05) is 0 Å². The predicted octanol–water partition coefficient (Wildman–Crippen LogP) is 5.09. The van der Waals surface area contributed by atoms with Crippen LogP contribution in [-0.4, -0.2) is 10.2 Å². The summed E-state index contributed by atoms with van der Waals surface area (Å²) in [6.07, 6.45) is 0. The number of aryl methyl sites for hydroxylation is 3. The maximum Gasteiger partial charge on any atom is 0.244 e. The van der Waals surface area contributed by atoms with Crippen LogP contribution in [0.3, 0.4) is 0 Å². The summed E-state index contributed by atoms with van der Waals surface area (Å²) in [6, 6.07) is 12.0. The molecule has 0 unspecified atom stereocenters. The van der Waals surface area contributed by atoms with E-state index >= 15 is 0 Å². The Morgan fingerprint density at radius 1 is 1.23 bits per heavy atom. The molecule has 1 aliphatic rings. The van der Waals surface area contributed by atoms with Gasteiger partial charge in [0.05, 0.1) is 5.92 Å². The number of rotatable bonds is 4. The van der Waals surface area contributed by atoms with Crippen molar-refractivity contribution in [1.82, 2.24) is 10.2 Å². The molecule has 1 atom stereocenters. The molecule has 158 valence electrons. The van der Waals surface area contributed by atoms with Gasteiger partial charge in [0.1, 0.15) is 24.0 Å². The topological polar surface area (TPSA) is 96.9 Å². The van der Waals surface area contributed by atoms with Crippen LogP contribution in [0.4, 0.5) is 0 Å². The number of aromatic nitrogens is 2. The van der Waals surface area contributed by atoms with Crippen molar-refractivity contribution in [2.45, 2.75) is 40.2 Å². The fourth-order valence-electron chi connectivity index (χ4n) is 4.05. The number of nitrogens with zero attached hydrogens (tertiary/aromatic N) is 2. The summed E-state index contributed by atoms with van der Waals surface area (Å²) in [5.74, 6) is 0.924. The van der Waals surface area contributed by atoms with Gasteiger partial charge in [-0.25, -0.2) is 0 Å². The summed E-state index contributed by atoms with van der Waals surface area (Å²) in [6.45, 7) is 8.34. The second-order valence-electron chi connectivity index (χ2n) is 7.83. The van der Waals surface area contributed by atoms with E-state index in [1.165, 1.54) is 0 Å². The lowest BCUT2D eigenvalue weighted by Crippen LogP contribution is -2.22. The molecule has 4 rings (SSSR count). The van der Waals surface area contributed by atoms with E-state index in [0.717, 1.165) is 44.8 Å². The summed E-state index contributed by atoms with van der Waals surface area (Å²) < 4.78 is 11.7. The molecule has 0 bridgehead atoms. The Kier molecular flexibility index (Phi) is 5.38. The summed E-state index contributed by atoms with van der Waals surface area (Å²) in [5.41, 5.74) is 13.2.